The molecular formula is C16H22N2O8. The van der Waals surface area contributed by atoms with Crippen LogP contribution in [0.1, 0.15) is 48.8 Å². The summed E-state index contributed by atoms with van der Waals surface area (Å²) >= 11 is 0. The van der Waals surface area contributed by atoms with E-state index in [1.807, 2.05) is 0 Å². The summed E-state index contributed by atoms with van der Waals surface area (Å²) in [7, 11) is 2.12. The van der Waals surface area contributed by atoms with Crippen molar-refractivity contribution in [3.63, 3.8) is 0 Å². The number of imidazole rings is 1. The molecule has 0 spiro atoms. The molecule has 1 aromatic heterocycles. The van der Waals surface area contributed by atoms with Crippen molar-refractivity contribution < 1.29 is 33.4 Å². The third-order valence-electron chi connectivity index (χ3n) is 3.60. The molecule has 1 rings (SSSR count). The number of unbranched alkanes of at least 4 members (excludes halogenated alkanes) is 1. The average Bonchev–Trinajstić information content (AvgIpc) is 2.88. The highest BCUT2D eigenvalue weighted by molar-refractivity contribution is 5.99. The molecule has 0 radical (unpaired) electrons. The second-order valence-corrected chi connectivity index (χ2v) is 5.26. The Balaban J connectivity index is 3.05. The largest absolute Gasteiger partial charge is 0.466 e. The Hall–Kier alpha value is -2.91. The number of carbonyl (C=O) groups is 4. The van der Waals surface area contributed by atoms with Crippen LogP contribution in [0.25, 0.3) is 0 Å². The molecular weight excluding hydrogens is 348 g/mol. The molecule has 0 bridgehead atoms. The van der Waals surface area contributed by atoms with Crippen molar-refractivity contribution in [1.82, 2.24) is 9.13 Å². The highest BCUT2D eigenvalue weighted by atomic mass is 16.5. The molecule has 0 saturated carbocycles. The van der Waals surface area contributed by atoms with Crippen LogP contribution in [0.15, 0.2) is 4.79 Å². The summed E-state index contributed by atoms with van der Waals surface area (Å²) in [5.41, 5.74) is -1.32. The van der Waals surface area contributed by atoms with E-state index in [1.54, 1.807) is 6.92 Å². The summed E-state index contributed by atoms with van der Waals surface area (Å²) in [5, 5.41) is 0. The van der Waals surface area contributed by atoms with E-state index in [4.69, 9.17) is 4.74 Å². The first-order chi connectivity index (χ1) is 12.3. The Morgan fingerprint density at radius 2 is 1.46 bits per heavy atom. The van der Waals surface area contributed by atoms with E-state index in [0.29, 0.717) is 22.0 Å². The molecule has 0 aromatic carbocycles. The second kappa shape index (κ2) is 9.54. The fourth-order valence-electron chi connectivity index (χ4n) is 2.41. The monoisotopic (exact) mass is 370 g/mol. The number of hydrogen-bond acceptors (Lipinski definition) is 8. The van der Waals surface area contributed by atoms with Crippen molar-refractivity contribution in [2.75, 3.05) is 20.8 Å². The molecule has 0 atom stereocenters. The third kappa shape index (κ3) is 4.58. The summed E-state index contributed by atoms with van der Waals surface area (Å²) in [6, 6.07) is 0. The van der Waals surface area contributed by atoms with E-state index in [0.717, 1.165) is 14.2 Å². The van der Waals surface area contributed by atoms with Crippen molar-refractivity contribution in [2.45, 2.75) is 39.5 Å². The van der Waals surface area contributed by atoms with Crippen LogP contribution in [0, 0.1) is 6.92 Å². The predicted molar refractivity (Wildman–Crippen MR) is 88.5 cm³/mol. The van der Waals surface area contributed by atoms with Crippen LogP contribution in [-0.2, 0) is 19.0 Å². The number of hydrogen-bond donors (Lipinski definition) is 0. The van der Waals surface area contributed by atoms with Crippen LogP contribution in [-0.4, -0.2) is 53.9 Å². The molecule has 0 fully saturated rings. The summed E-state index contributed by atoms with van der Waals surface area (Å²) < 4.78 is 14.9. The van der Waals surface area contributed by atoms with E-state index in [-0.39, 0.29) is 36.8 Å². The number of aromatic nitrogens is 2. The van der Waals surface area contributed by atoms with Gasteiger partial charge in [-0.05, 0) is 26.7 Å². The van der Waals surface area contributed by atoms with E-state index in [2.05, 4.69) is 9.47 Å². The SMILES string of the molecule is CCOC(=O)CCCCC(=O)c1c(C)n(C(=O)OC)c(=O)n1C(=O)OC. The number of ketones is 1. The van der Waals surface area contributed by atoms with E-state index in [9.17, 15) is 24.0 Å². The highest BCUT2D eigenvalue weighted by Gasteiger charge is 2.29. The van der Waals surface area contributed by atoms with Gasteiger partial charge in [0.25, 0.3) is 0 Å². The molecule has 10 heteroatoms. The summed E-state index contributed by atoms with van der Waals surface area (Å²) in [6.07, 6.45) is -1.23. The Labute approximate surface area is 149 Å². The quantitative estimate of drug-likeness (QED) is 0.306. The molecule has 26 heavy (non-hydrogen) atoms. The molecule has 1 aromatic rings. The van der Waals surface area contributed by atoms with Crippen LogP contribution in [0.3, 0.4) is 0 Å². The van der Waals surface area contributed by atoms with Crippen molar-refractivity contribution in [3.05, 3.63) is 21.9 Å². The lowest BCUT2D eigenvalue weighted by Gasteiger charge is -2.05. The van der Waals surface area contributed by atoms with Gasteiger partial charge in [0.15, 0.2) is 5.78 Å². The topological polar surface area (TPSA) is 123 Å². The van der Waals surface area contributed by atoms with Crippen molar-refractivity contribution in [2.24, 2.45) is 0 Å². The van der Waals surface area contributed by atoms with Gasteiger partial charge in [-0.1, -0.05) is 0 Å². The number of methoxy groups -OCH3 is 2. The van der Waals surface area contributed by atoms with Gasteiger partial charge in [0.05, 0.1) is 26.5 Å². The lowest BCUT2D eigenvalue weighted by atomic mass is 10.1. The maximum absolute atomic E-state index is 12.5. The van der Waals surface area contributed by atoms with Crippen LogP contribution >= 0.6 is 0 Å². The lowest BCUT2D eigenvalue weighted by molar-refractivity contribution is -0.143. The normalized spacial score (nSPS) is 10.3. The molecule has 0 aliphatic heterocycles. The van der Waals surface area contributed by atoms with Gasteiger partial charge < -0.3 is 14.2 Å². The Kier molecular flexibility index (Phi) is 7.76. The zero-order chi connectivity index (χ0) is 19.9. The van der Waals surface area contributed by atoms with Crippen LogP contribution in [0.5, 0.6) is 0 Å². The van der Waals surface area contributed by atoms with E-state index < -0.39 is 23.7 Å². The summed E-state index contributed by atoms with van der Waals surface area (Å²) in [5.74, 6) is -0.893. The molecule has 0 aliphatic rings. The minimum Gasteiger partial charge on any atom is -0.466 e. The van der Waals surface area contributed by atoms with Gasteiger partial charge in [-0.25, -0.2) is 14.4 Å². The van der Waals surface area contributed by atoms with Gasteiger partial charge >= 0.3 is 23.8 Å². The first-order valence-corrected chi connectivity index (χ1v) is 7.99. The average molecular weight is 370 g/mol. The molecule has 0 amide bonds. The molecule has 1 heterocycles. The molecule has 0 aliphatic carbocycles. The Morgan fingerprint density at radius 3 is 2.00 bits per heavy atom. The lowest BCUT2D eigenvalue weighted by Crippen LogP contribution is -2.34. The van der Waals surface area contributed by atoms with Crippen molar-refractivity contribution in [1.29, 1.82) is 0 Å². The van der Waals surface area contributed by atoms with Crippen LogP contribution in [0.2, 0.25) is 0 Å². The molecule has 144 valence electrons. The van der Waals surface area contributed by atoms with Gasteiger partial charge in [-0.15, -0.1) is 0 Å². The molecule has 0 N–H and O–H groups in total. The van der Waals surface area contributed by atoms with Gasteiger partial charge in [-0.3, -0.25) is 9.59 Å². The zero-order valence-corrected chi connectivity index (χ0v) is 15.2. The van der Waals surface area contributed by atoms with Gasteiger partial charge in [0.2, 0.25) is 0 Å². The smallest absolute Gasteiger partial charge is 0.422 e. The maximum atomic E-state index is 12.5. The minimum atomic E-state index is -1.09. The first kappa shape index (κ1) is 21.1. The minimum absolute atomic E-state index is 0.0253. The number of nitrogens with zero attached hydrogens (tertiary/aromatic N) is 2. The third-order valence-corrected chi connectivity index (χ3v) is 3.60. The first-order valence-electron chi connectivity index (χ1n) is 7.99. The maximum Gasteiger partial charge on any atom is 0.422 e. The summed E-state index contributed by atoms with van der Waals surface area (Å²) in [4.78, 5) is 59.8. The van der Waals surface area contributed by atoms with Gasteiger partial charge in [0.1, 0.15) is 5.69 Å². The van der Waals surface area contributed by atoms with E-state index >= 15 is 0 Å². The Bertz CT molecular complexity index is 759. The number of Topliss-reactive ketones (excluding diaryl/α,β-unsaturated/α-hetero) is 1. The van der Waals surface area contributed by atoms with Crippen LogP contribution < -0.4 is 5.69 Å². The zero-order valence-electron chi connectivity index (χ0n) is 15.2. The van der Waals surface area contributed by atoms with Gasteiger partial charge in [-0.2, -0.15) is 9.13 Å². The molecule has 0 saturated heterocycles. The highest BCUT2D eigenvalue weighted by Crippen LogP contribution is 2.14. The fourth-order valence-corrected chi connectivity index (χ4v) is 2.41. The van der Waals surface area contributed by atoms with Crippen molar-refractivity contribution >= 4 is 23.9 Å². The number of rotatable bonds is 7. The fraction of sp³-hybridized carbons (Fsp3) is 0.562. The second-order valence-electron chi connectivity index (χ2n) is 5.26. The van der Waals surface area contributed by atoms with Crippen molar-refractivity contribution in [3.8, 4) is 0 Å². The van der Waals surface area contributed by atoms with Crippen LogP contribution in [0.4, 0.5) is 9.59 Å². The molecule has 10 nitrogen and oxygen atoms in total. The van der Waals surface area contributed by atoms with E-state index in [1.165, 1.54) is 6.92 Å². The Morgan fingerprint density at radius 1 is 0.923 bits per heavy atom. The standard InChI is InChI=1S/C16H22N2O8/c1-5-26-12(20)9-7-6-8-11(19)13-10(2)17(15(22)24-3)14(21)18(13)16(23)25-4/h5-9H2,1-4H3. The number of ether oxygens (including phenoxy) is 3. The number of esters is 1. The number of carbonyl (C=O) groups excluding carboxylic acids is 4. The van der Waals surface area contributed by atoms with Gasteiger partial charge in [0, 0.05) is 12.8 Å². The molecule has 0 unspecified atom stereocenters. The predicted octanol–water partition coefficient (Wildman–Crippen LogP) is 1.49. The summed E-state index contributed by atoms with van der Waals surface area (Å²) in [6.45, 7) is 3.33.